The van der Waals surface area contributed by atoms with E-state index in [1.165, 1.54) is 19.3 Å². The summed E-state index contributed by atoms with van der Waals surface area (Å²) in [7, 11) is 0. The second kappa shape index (κ2) is 6.12. The molecule has 1 saturated carbocycles. The van der Waals surface area contributed by atoms with E-state index < -0.39 is 0 Å². The molecular formula is C15H28N4O. The van der Waals surface area contributed by atoms with E-state index in [4.69, 9.17) is 4.42 Å². The molecule has 1 aliphatic rings. The van der Waals surface area contributed by atoms with Crippen LogP contribution in [-0.4, -0.2) is 21.8 Å². The van der Waals surface area contributed by atoms with Crippen LogP contribution in [0.15, 0.2) is 4.42 Å². The second-order valence-electron chi connectivity index (χ2n) is 7.25. The third-order valence-electron chi connectivity index (χ3n) is 3.98. The number of nitrogens with zero attached hydrogens (tertiary/aromatic N) is 2. The fraction of sp³-hybridized carbons (Fsp3) is 0.867. The van der Waals surface area contributed by atoms with Crippen molar-refractivity contribution >= 4 is 6.01 Å². The molecule has 2 rings (SSSR count). The molecule has 20 heavy (non-hydrogen) atoms. The molecule has 114 valence electrons. The smallest absolute Gasteiger partial charge is 0.315 e. The molecule has 3 atom stereocenters. The average Bonchev–Trinajstić information content (AvgIpc) is 2.77. The van der Waals surface area contributed by atoms with Gasteiger partial charge in [-0.25, -0.2) is 0 Å². The largest absolute Gasteiger partial charge is 0.407 e. The Morgan fingerprint density at radius 1 is 1.20 bits per heavy atom. The van der Waals surface area contributed by atoms with Gasteiger partial charge in [0.2, 0.25) is 5.89 Å². The summed E-state index contributed by atoms with van der Waals surface area (Å²) in [6.07, 6.45) is 3.72. The van der Waals surface area contributed by atoms with Crippen molar-refractivity contribution in [1.29, 1.82) is 0 Å². The van der Waals surface area contributed by atoms with Crippen LogP contribution in [-0.2, 0) is 6.54 Å². The number of aromatic nitrogens is 2. The van der Waals surface area contributed by atoms with Crippen LogP contribution in [0.5, 0.6) is 0 Å². The van der Waals surface area contributed by atoms with Gasteiger partial charge in [0.15, 0.2) is 0 Å². The summed E-state index contributed by atoms with van der Waals surface area (Å²) in [5, 5.41) is 14.9. The number of hydrogen-bond acceptors (Lipinski definition) is 5. The molecule has 1 aromatic rings. The average molecular weight is 280 g/mol. The lowest BCUT2D eigenvalue weighted by atomic mass is 9.80. The zero-order chi connectivity index (χ0) is 14.8. The van der Waals surface area contributed by atoms with Crippen LogP contribution in [0.2, 0.25) is 0 Å². The number of nitrogens with one attached hydrogen (secondary N) is 2. The number of rotatable bonds is 4. The lowest BCUT2D eigenvalue weighted by Crippen LogP contribution is -2.35. The van der Waals surface area contributed by atoms with Crippen LogP contribution in [0.3, 0.4) is 0 Å². The van der Waals surface area contributed by atoms with E-state index in [-0.39, 0.29) is 5.54 Å². The van der Waals surface area contributed by atoms with Crippen LogP contribution in [0.1, 0.15) is 59.8 Å². The molecule has 0 aliphatic heterocycles. The summed E-state index contributed by atoms with van der Waals surface area (Å²) in [5.41, 5.74) is 0.0517. The molecule has 2 N–H and O–H groups in total. The molecule has 1 aromatic heterocycles. The molecule has 1 aliphatic carbocycles. The summed E-state index contributed by atoms with van der Waals surface area (Å²) in [5.74, 6) is 2.12. The van der Waals surface area contributed by atoms with Crippen molar-refractivity contribution in [2.24, 2.45) is 11.8 Å². The Hall–Kier alpha value is -1.10. The minimum Gasteiger partial charge on any atom is -0.407 e. The molecule has 1 heterocycles. The second-order valence-corrected chi connectivity index (χ2v) is 7.25. The number of hydrogen-bond donors (Lipinski definition) is 2. The summed E-state index contributed by atoms with van der Waals surface area (Å²) < 4.78 is 5.66. The highest BCUT2D eigenvalue weighted by atomic mass is 16.4. The van der Waals surface area contributed by atoms with E-state index in [1.54, 1.807) is 0 Å². The Balaban J connectivity index is 1.86. The SMILES string of the molecule is CC1CCC(Nc2nnc(CNC(C)(C)C)o2)C(C)C1. The molecule has 1 fully saturated rings. The van der Waals surface area contributed by atoms with E-state index in [0.717, 1.165) is 5.92 Å². The Labute approximate surface area is 121 Å². The van der Waals surface area contributed by atoms with Gasteiger partial charge >= 0.3 is 6.01 Å². The third kappa shape index (κ3) is 4.47. The van der Waals surface area contributed by atoms with Gasteiger partial charge in [0.05, 0.1) is 6.54 Å². The predicted molar refractivity (Wildman–Crippen MR) is 80.5 cm³/mol. The summed E-state index contributed by atoms with van der Waals surface area (Å²) >= 11 is 0. The van der Waals surface area contributed by atoms with Crippen molar-refractivity contribution in [2.45, 2.75) is 72.0 Å². The minimum absolute atomic E-state index is 0.0517. The molecule has 0 bridgehead atoms. The summed E-state index contributed by atoms with van der Waals surface area (Å²) in [4.78, 5) is 0. The summed E-state index contributed by atoms with van der Waals surface area (Å²) in [6, 6.07) is 1.01. The van der Waals surface area contributed by atoms with Crippen molar-refractivity contribution in [3.05, 3.63) is 5.89 Å². The fourth-order valence-electron chi connectivity index (χ4n) is 2.76. The van der Waals surface area contributed by atoms with Crippen molar-refractivity contribution in [3.8, 4) is 0 Å². The first-order chi connectivity index (χ1) is 9.33. The molecule has 0 radical (unpaired) electrons. The van der Waals surface area contributed by atoms with Crippen LogP contribution in [0.4, 0.5) is 6.01 Å². The molecule has 5 nitrogen and oxygen atoms in total. The first-order valence-corrected chi connectivity index (χ1v) is 7.67. The number of anilines is 1. The summed E-state index contributed by atoms with van der Waals surface area (Å²) in [6.45, 7) is 11.6. The first kappa shape index (κ1) is 15.3. The van der Waals surface area contributed by atoms with Gasteiger partial charge in [-0.15, -0.1) is 5.10 Å². The quantitative estimate of drug-likeness (QED) is 0.887. The van der Waals surface area contributed by atoms with Crippen LogP contribution >= 0.6 is 0 Å². The van der Waals surface area contributed by atoms with Crippen molar-refractivity contribution < 1.29 is 4.42 Å². The van der Waals surface area contributed by atoms with Gasteiger partial charge < -0.3 is 15.1 Å². The van der Waals surface area contributed by atoms with Gasteiger partial charge in [-0.3, -0.25) is 0 Å². The maximum atomic E-state index is 5.66. The Morgan fingerprint density at radius 3 is 2.60 bits per heavy atom. The monoisotopic (exact) mass is 280 g/mol. The Kier molecular flexibility index (Phi) is 4.68. The fourth-order valence-corrected chi connectivity index (χ4v) is 2.76. The Morgan fingerprint density at radius 2 is 1.95 bits per heavy atom. The zero-order valence-corrected chi connectivity index (χ0v) is 13.4. The maximum Gasteiger partial charge on any atom is 0.315 e. The molecule has 0 saturated heterocycles. The molecular weight excluding hydrogens is 252 g/mol. The molecule has 0 amide bonds. The van der Waals surface area contributed by atoms with Crippen molar-refractivity contribution in [1.82, 2.24) is 15.5 Å². The van der Waals surface area contributed by atoms with E-state index in [1.807, 2.05) is 0 Å². The van der Waals surface area contributed by atoms with Gasteiger partial charge in [0.25, 0.3) is 0 Å². The van der Waals surface area contributed by atoms with Gasteiger partial charge in [0.1, 0.15) is 0 Å². The van der Waals surface area contributed by atoms with Gasteiger partial charge in [-0.1, -0.05) is 18.9 Å². The molecule has 0 spiro atoms. The van der Waals surface area contributed by atoms with Crippen LogP contribution < -0.4 is 10.6 Å². The lowest BCUT2D eigenvalue weighted by molar-refractivity contribution is 0.272. The zero-order valence-electron chi connectivity index (χ0n) is 13.4. The highest BCUT2D eigenvalue weighted by Gasteiger charge is 2.26. The topological polar surface area (TPSA) is 63.0 Å². The standard InChI is InChI=1S/C15H28N4O/c1-10-6-7-12(11(2)8-10)17-14-19-18-13(20-14)9-16-15(3,4)5/h10-12,16H,6-9H2,1-5H3,(H,17,19). The van der Waals surface area contributed by atoms with Crippen molar-refractivity contribution in [3.63, 3.8) is 0 Å². The van der Waals surface area contributed by atoms with Crippen LogP contribution in [0.25, 0.3) is 0 Å². The minimum atomic E-state index is 0.0517. The maximum absolute atomic E-state index is 5.66. The molecule has 3 unspecified atom stereocenters. The van der Waals surface area contributed by atoms with Crippen LogP contribution in [0, 0.1) is 11.8 Å². The van der Waals surface area contributed by atoms with Gasteiger partial charge in [-0.05, 0) is 51.9 Å². The van der Waals surface area contributed by atoms with E-state index >= 15 is 0 Å². The molecule has 0 aromatic carbocycles. The molecule has 5 heteroatoms. The van der Waals surface area contributed by atoms with Crippen molar-refractivity contribution in [2.75, 3.05) is 5.32 Å². The normalized spacial score (nSPS) is 27.6. The first-order valence-electron chi connectivity index (χ1n) is 7.67. The highest BCUT2D eigenvalue weighted by Crippen LogP contribution is 2.30. The van der Waals surface area contributed by atoms with E-state index in [9.17, 15) is 0 Å². The highest BCUT2D eigenvalue weighted by molar-refractivity contribution is 5.20. The van der Waals surface area contributed by atoms with Gasteiger partial charge in [0, 0.05) is 11.6 Å². The lowest BCUT2D eigenvalue weighted by Gasteiger charge is -2.32. The van der Waals surface area contributed by atoms with Gasteiger partial charge in [-0.2, -0.15) is 0 Å². The Bertz CT molecular complexity index is 424. The predicted octanol–water partition coefficient (Wildman–Crippen LogP) is 3.19. The van der Waals surface area contributed by atoms with E-state index in [0.29, 0.717) is 30.4 Å². The van der Waals surface area contributed by atoms with E-state index in [2.05, 4.69) is 55.4 Å². The third-order valence-corrected chi connectivity index (χ3v) is 3.98.